The van der Waals surface area contributed by atoms with Gasteiger partial charge in [-0.2, -0.15) is 0 Å². The third kappa shape index (κ3) is 8.15. The van der Waals surface area contributed by atoms with Gasteiger partial charge in [-0.05, 0) is 134 Å². The number of anilines is 2. The summed E-state index contributed by atoms with van der Waals surface area (Å²) in [6, 6.07) is 60.7. The average molecular weight is 912 g/mol. The van der Waals surface area contributed by atoms with Crippen molar-refractivity contribution in [3.63, 3.8) is 0 Å². The summed E-state index contributed by atoms with van der Waals surface area (Å²) in [4.78, 5) is 23.7. The first kappa shape index (κ1) is 42.2. The van der Waals surface area contributed by atoms with Gasteiger partial charge in [0, 0.05) is 60.7 Å². The number of hydrogen-bond donors (Lipinski definition) is 2. The van der Waals surface area contributed by atoms with Crippen molar-refractivity contribution in [2.75, 3.05) is 18.1 Å². The number of nitrogens with one attached hydrogen (secondary N) is 2. The second-order valence-electron chi connectivity index (χ2n) is 18.0. The first-order valence-electron chi connectivity index (χ1n) is 23.6. The highest BCUT2D eigenvalue weighted by Crippen LogP contribution is 2.48. The van der Waals surface area contributed by atoms with Crippen LogP contribution >= 0.6 is 11.8 Å². The lowest BCUT2D eigenvalue weighted by atomic mass is 10.0. The van der Waals surface area contributed by atoms with E-state index in [0.29, 0.717) is 6.61 Å². The molecule has 12 rings (SSSR count). The number of hydrogen-bond acceptors (Lipinski definition) is 5. The minimum Gasteiger partial charge on any atom is -0.494 e. The summed E-state index contributed by atoms with van der Waals surface area (Å²) < 4.78 is 6.46. The van der Waals surface area contributed by atoms with Crippen LogP contribution in [0.5, 0.6) is 5.75 Å². The van der Waals surface area contributed by atoms with Gasteiger partial charge >= 0.3 is 0 Å². The largest absolute Gasteiger partial charge is 0.494 e. The van der Waals surface area contributed by atoms with Gasteiger partial charge in [0.05, 0.1) is 40.8 Å². The number of aromatic nitrogens is 4. The van der Waals surface area contributed by atoms with E-state index in [1.807, 2.05) is 11.8 Å². The van der Waals surface area contributed by atoms with Gasteiger partial charge in [-0.25, -0.2) is 9.97 Å². The fourth-order valence-electron chi connectivity index (χ4n) is 9.73. The molecule has 69 heavy (non-hydrogen) atoms. The van der Waals surface area contributed by atoms with Crippen molar-refractivity contribution in [3.8, 4) is 50.3 Å². The van der Waals surface area contributed by atoms with Gasteiger partial charge in [0.1, 0.15) is 5.75 Å². The molecule has 2 N–H and O–H groups in total. The molecule has 0 saturated carbocycles. The molecular weight excluding hydrogens is 863 g/mol. The van der Waals surface area contributed by atoms with Gasteiger partial charge in [-0.15, -0.1) is 0 Å². The Morgan fingerprint density at radius 3 is 1.14 bits per heavy atom. The molecule has 6 aromatic carbocycles. The van der Waals surface area contributed by atoms with E-state index in [1.54, 1.807) is 0 Å². The summed E-state index contributed by atoms with van der Waals surface area (Å²) in [7, 11) is 0. The summed E-state index contributed by atoms with van der Waals surface area (Å²) in [5.41, 5.74) is 21.9. The van der Waals surface area contributed by atoms with Crippen LogP contribution in [0.3, 0.4) is 0 Å². The van der Waals surface area contributed by atoms with Crippen molar-refractivity contribution in [2.24, 2.45) is 0 Å². The molecule has 3 aliphatic heterocycles. The number of aromatic amines is 2. The topological polar surface area (TPSA) is 69.8 Å². The van der Waals surface area contributed by atoms with Crippen LogP contribution in [0.2, 0.25) is 0 Å². The third-order valence-electron chi connectivity index (χ3n) is 13.2. The van der Waals surface area contributed by atoms with E-state index in [9.17, 15) is 0 Å². The van der Waals surface area contributed by atoms with Crippen LogP contribution in [0.25, 0.3) is 90.9 Å². The second kappa shape index (κ2) is 17.8. The number of nitrogens with zero attached hydrogens (tertiary/aromatic N) is 3. The molecule has 6 nitrogen and oxygen atoms in total. The molecule has 0 aliphatic carbocycles. The van der Waals surface area contributed by atoms with Crippen molar-refractivity contribution in [2.45, 2.75) is 37.0 Å². The highest BCUT2D eigenvalue weighted by molar-refractivity contribution is 7.99. The standard InChI is InChI=1S/C62H49N5OS/c1-39-13-19-42(20-14-39)59-47-29-31-49(63-47)60(43-21-15-40(2)16-22-43)51-33-35-53(65-51)62(54-36-34-52(66-54)61(50-32-30-48(59)64-50)44-23-17-41(3)18-24-44)45-25-27-46(28-26-45)68-38-8-37-67-55-9-4-6-11-57(55)69-58-12-7-5-10-56(58)67/h4-7,9-36,63,66H,8,37-38H2,1-3H3. The minimum atomic E-state index is 0.592. The lowest BCUT2D eigenvalue weighted by molar-refractivity contribution is 0.313. The molecule has 3 aliphatic rings. The summed E-state index contributed by atoms with van der Waals surface area (Å²) in [5.74, 6) is 0.832. The fraction of sp³-hybridized carbons (Fsp3) is 0.0968. The summed E-state index contributed by atoms with van der Waals surface area (Å²) in [6.45, 7) is 7.82. The highest BCUT2D eigenvalue weighted by atomic mass is 32.2. The van der Waals surface area contributed by atoms with Crippen LogP contribution in [-0.4, -0.2) is 33.1 Å². The third-order valence-corrected chi connectivity index (χ3v) is 14.4. The van der Waals surface area contributed by atoms with E-state index in [0.717, 1.165) is 108 Å². The van der Waals surface area contributed by atoms with Crippen molar-refractivity contribution in [1.29, 1.82) is 0 Å². The van der Waals surface area contributed by atoms with E-state index in [4.69, 9.17) is 14.7 Å². The first-order valence-corrected chi connectivity index (χ1v) is 24.5. The van der Waals surface area contributed by atoms with Gasteiger partial charge in [0.25, 0.3) is 0 Å². The van der Waals surface area contributed by atoms with Crippen LogP contribution in [0, 0.1) is 20.8 Å². The number of H-pyrrole nitrogens is 2. The van der Waals surface area contributed by atoms with E-state index in [2.05, 4.69) is 230 Å². The van der Waals surface area contributed by atoms with E-state index < -0.39 is 0 Å². The van der Waals surface area contributed by atoms with Gasteiger partial charge in [-0.1, -0.05) is 138 Å². The molecule has 0 spiro atoms. The van der Waals surface area contributed by atoms with Gasteiger partial charge < -0.3 is 19.6 Å². The molecule has 0 saturated heterocycles. The number of aryl methyl sites for hydroxylation is 3. The molecule has 0 amide bonds. The Morgan fingerprint density at radius 1 is 0.420 bits per heavy atom. The Labute approximate surface area is 406 Å². The zero-order chi connectivity index (χ0) is 46.4. The SMILES string of the molecule is Cc1ccc(-c2c3nc(c(-c4ccc(C)cc4)c4ccc([nH]4)c(-c4ccc(OCCCN5c6ccccc6Sc6ccccc65)cc4)c4nc(c(-c5ccc(C)cc5)c5ccc2[nH]5)C=C4)C=C3)cc1. The van der Waals surface area contributed by atoms with E-state index in [-0.39, 0.29) is 0 Å². The summed E-state index contributed by atoms with van der Waals surface area (Å²) in [5, 5.41) is 0. The van der Waals surface area contributed by atoms with E-state index >= 15 is 0 Å². The molecule has 3 aromatic heterocycles. The fourth-order valence-corrected chi connectivity index (χ4v) is 10.8. The van der Waals surface area contributed by atoms with Crippen LogP contribution in [-0.2, 0) is 0 Å². The molecule has 6 heterocycles. The average Bonchev–Trinajstić information content (AvgIpc) is 4.23. The molecule has 9 aromatic rings. The summed E-state index contributed by atoms with van der Waals surface area (Å²) in [6.07, 6.45) is 9.48. The van der Waals surface area contributed by atoms with Crippen LogP contribution in [0.4, 0.5) is 11.4 Å². The zero-order valence-electron chi connectivity index (χ0n) is 38.8. The van der Waals surface area contributed by atoms with Crippen molar-refractivity contribution >= 4 is 69.5 Å². The monoisotopic (exact) mass is 911 g/mol. The summed E-state index contributed by atoms with van der Waals surface area (Å²) >= 11 is 1.84. The molecule has 334 valence electrons. The first-order chi connectivity index (χ1) is 33.9. The molecule has 7 heteroatoms. The van der Waals surface area contributed by atoms with Gasteiger partial charge in [0.2, 0.25) is 0 Å². The van der Waals surface area contributed by atoms with Gasteiger partial charge in [-0.3, -0.25) is 0 Å². The Kier molecular flexibility index (Phi) is 10.9. The normalized spacial score (nSPS) is 12.5. The predicted octanol–water partition coefficient (Wildman–Crippen LogP) is 16.3. The predicted molar refractivity (Wildman–Crippen MR) is 289 cm³/mol. The minimum absolute atomic E-state index is 0.592. The Hall–Kier alpha value is -8.13. The van der Waals surface area contributed by atoms with Crippen LogP contribution in [0.1, 0.15) is 45.9 Å². The maximum atomic E-state index is 6.46. The van der Waals surface area contributed by atoms with Crippen LogP contribution < -0.4 is 9.64 Å². The lowest BCUT2D eigenvalue weighted by Crippen LogP contribution is -2.23. The number of para-hydroxylation sites is 2. The zero-order valence-corrected chi connectivity index (χ0v) is 39.6. The highest BCUT2D eigenvalue weighted by Gasteiger charge is 2.23. The molecule has 0 unspecified atom stereocenters. The number of fused-ring (bicyclic) bond motifs is 10. The van der Waals surface area contributed by atoms with Crippen LogP contribution in [0.15, 0.2) is 180 Å². The van der Waals surface area contributed by atoms with Gasteiger partial charge in [0.15, 0.2) is 0 Å². The quantitative estimate of drug-likeness (QED) is 0.141. The Bertz CT molecular complexity index is 3570. The maximum Gasteiger partial charge on any atom is 0.119 e. The van der Waals surface area contributed by atoms with Crippen molar-refractivity contribution < 1.29 is 4.74 Å². The number of benzene rings is 6. The Balaban J connectivity index is 0.993. The molecule has 8 bridgehead atoms. The lowest BCUT2D eigenvalue weighted by Gasteiger charge is -2.32. The molecule has 0 radical (unpaired) electrons. The maximum absolute atomic E-state index is 6.46. The molecule has 0 atom stereocenters. The van der Waals surface area contributed by atoms with Crippen molar-refractivity contribution in [1.82, 2.24) is 19.9 Å². The molecule has 0 fully saturated rings. The van der Waals surface area contributed by atoms with Crippen molar-refractivity contribution in [3.05, 3.63) is 209 Å². The molecular formula is C62H49N5OS. The number of ether oxygens (including phenoxy) is 1. The smallest absolute Gasteiger partial charge is 0.119 e. The Morgan fingerprint density at radius 2 is 0.768 bits per heavy atom. The second-order valence-corrected chi connectivity index (χ2v) is 19.1. The van der Waals surface area contributed by atoms with E-state index in [1.165, 1.54) is 37.9 Å². The number of rotatable bonds is 9.